The molecule has 0 aromatic carbocycles. The molecule has 0 spiro atoms. The molecule has 29 heavy (non-hydrogen) atoms. The Morgan fingerprint density at radius 1 is 1.10 bits per heavy atom. The lowest BCUT2D eigenvalue weighted by atomic mass is 10.1. The fourth-order valence-electron chi connectivity index (χ4n) is 3.88. The second-order valence-corrected chi connectivity index (χ2v) is 7.50. The summed E-state index contributed by atoms with van der Waals surface area (Å²) in [4.78, 5) is 24.2. The number of anilines is 1. The second kappa shape index (κ2) is 6.97. The first-order valence-electron chi connectivity index (χ1n) is 9.96. The first-order valence-corrected chi connectivity index (χ1v) is 9.96. The molecule has 1 N–H and O–H groups in total. The second-order valence-electron chi connectivity index (χ2n) is 7.50. The number of pyridine rings is 1. The van der Waals surface area contributed by atoms with E-state index in [0.29, 0.717) is 23.1 Å². The standard InChI is InChI=1S/C21H23N7O/c1-3-15-12-26(9-8-22-15)16-4-6-19-24-18(10-21(29)27(19)13-16)17-5-7-20-23-14(2)11-28(20)25-17/h4-7,10-11,13,15,22H,3,8-9,12H2,1-2H3. The predicted molar refractivity (Wildman–Crippen MR) is 112 cm³/mol. The van der Waals surface area contributed by atoms with Crippen LogP contribution in [0.1, 0.15) is 19.0 Å². The van der Waals surface area contributed by atoms with Crippen LogP contribution >= 0.6 is 0 Å². The molecule has 1 aliphatic heterocycles. The Hall–Kier alpha value is -3.26. The van der Waals surface area contributed by atoms with E-state index < -0.39 is 0 Å². The minimum Gasteiger partial charge on any atom is -0.368 e. The van der Waals surface area contributed by atoms with Crippen LogP contribution in [0.3, 0.4) is 0 Å². The Balaban J connectivity index is 1.53. The van der Waals surface area contributed by atoms with Crippen LogP contribution in [0.5, 0.6) is 0 Å². The van der Waals surface area contributed by atoms with Gasteiger partial charge in [-0.05, 0) is 37.6 Å². The fraction of sp³-hybridized carbons (Fsp3) is 0.333. The Bertz CT molecular complexity index is 1260. The van der Waals surface area contributed by atoms with Crippen LogP contribution in [0.25, 0.3) is 22.7 Å². The zero-order chi connectivity index (χ0) is 20.0. The van der Waals surface area contributed by atoms with Crippen LogP contribution in [-0.2, 0) is 0 Å². The van der Waals surface area contributed by atoms with E-state index in [-0.39, 0.29) is 5.56 Å². The lowest BCUT2D eigenvalue weighted by Crippen LogP contribution is -2.50. The van der Waals surface area contributed by atoms with E-state index in [1.54, 1.807) is 15.0 Å². The number of rotatable bonds is 3. The van der Waals surface area contributed by atoms with Gasteiger partial charge in [0.05, 0.1) is 23.3 Å². The highest BCUT2D eigenvalue weighted by atomic mass is 16.1. The van der Waals surface area contributed by atoms with E-state index in [1.165, 1.54) is 0 Å². The molecule has 8 nitrogen and oxygen atoms in total. The van der Waals surface area contributed by atoms with Crippen molar-refractivity contribution >= 4 is 17.0 Å². The number of hydrogen-bond donors (Lipinski definition) is 1. The molecule has 8 heteroatoms. The Labute approximate surface area is 167 Å². The monoisotopic (exact) mass is 389 g/mol. The van der Waals surface area contributed by atoms with Gasteiger partial charge in [0.25, 0.3) is 5.56 Å². The van der Waals surface area contributed by atoms with E-state index in [4.69, 9.17) is 0 Å². The van der Waals surface area contributed by atoms with Crippen molar-refractivity contribution in [1.82, 2.24) is 29.3 Å². The van der Waals surface area contributed by atoms with Crippen molar-refractivity contribution in [2.24, 2.45) is 0 Å². The van der Waals surface area contributed by atoms with Gasteiger partial charge < -0.3 is 10.2 Å². The molecule has 0 aliphatic carbocycles. The van der Waals surface area contributed by atoms with Crippen LogP contribution in [0.2, 0.25) is 0 Å². The largest absolute Gasteiger partial charge is 0.368 e. The smallest absolute Gasteiger partial charge is 0.258 e. The third-order valence-electron chi connectivity index (χ3n) is 5.46. The van der Waals surface area contributed by atoms with Crippen LogP contribution in [0, 0.1) is 6.92 Å². The maximum Gasteiger partial charge on any atom is 0.258 e. The number of aromatic nitrogens is 5. The SMILES string of the molecule is CCC1CN(c2ccc3nc(-c4ccc5nc(C)cn5n4)cc(=O)n3c2)CCN1. The van der Waals surface area contributed by atoms with E-state index in [1.807, 2.05) is 43.6 Å². The summed E-state index contributed by atoms with van der Waals surface area (Å²) in [5.74, 6) is 0. The van der Waals surface area contributed by atoms with Gasteiger partial charge in [0, 0.05) is 37.9 Å². The minimum atomic E-state index is -0.113. The summed E-state index contributed by atoms with van der Waals surface area (Å²) in [6, 6.07) is 9.70. The summed E-state index contributed by atoms with van der Waals surface area (Å²) in [7, 11) is 0. The highest BCUT2D eigenvalue weighted by Crippen LogP contribution is 2.19. The van der Waals surface area contributed by atoms with Crippen LogP contribution in [-0.4, -0.2) is 49.7 Å². The number of aryl methyl sites for hydroxylation is 1. The van der Waals surface area contributed by atoms with Crippen LogP contribution < -0.4 is 15.8 Å². The topological polar surface area (TPSA) is 79.8 Å². The Kier molecular flexibility index (Phi) is 4.28. The van der Waals surface area contributed by atoms with Crippen molar-refractivity contribution < 1.29 is 0 Å². The van der Waals surface area contributed by atoms with Gasteiger partial charge in [0.1, 0.15) is 11.3 Å². The summed E-state index contributed by atoms with van der Waals surface area (Å²) in [6.07, 6.45) is 4.83. The zero-order valence-electron chi connectivity index (χ0n) is 16.5. The van der Waals surface area contributed by atoms with E-state index in [9.17, 15) is 4.79 Å². The van der Waals surface area contributed by atoms with Crippen LogP contribution in [0.15, 0.2) is 47.5 Å². The van der Waals surface area contributed by atoms with Gasteiger partial charge in [-0.3, -0.25) is 9.20 Å². The molecule has 4 aromatic rings. The molecular formula is C21H23N7O. The summed E-state index contributed by atoms with van der Waals surface area (Å²) >= 11 is 0. The first kappa shape index (κ1) is 17.8. The summed E-state index contributed by atoms with van der Waals surface area (Å²) in [5, 5.41) is 8.07. The third-order valence-corrected chi connectivity index (χ3v) is 5.46. The lowest BCUT2D eigenvalue weighted by molar-refractivity contribution is 0.446. The third kappa shape index (κ3) is 3.25. The molecule has 5 rings (SSSR count). The molecule has 4 aromatic heterocycles. The van der Waals surface area contributed by atoms with Crippen molar-refractivity contribution in [2.75, 3.05) is 24.5 Å². The molecule has 1 saturated heterocycles. The van der Waals surface area contributed by atoms with Crippen molar-refractivity contribution in [1.29, 1.82) is 0 Å². The average Bonchev–Trinajstić information content (AvgIpc) is 3.12. The highest BCUT2D eigenvalue weighted by Gasteiger charge is 2.18. The van der Waals surface area contributed by atoms with Gasteiger partial charge in [0.2, 0.25) is 0 Å². The van der Waals surface area contributed by atoms with Gasteiger partial charge in [0.15, 0.2) is 5.65 Å². The van der Waals surface area contributed by atoms with Gasteiger partial charge in [-0.2, -0.15) is 5.10 Å². The maximum absolute atomic E-state index is 12.8. The fourth-order valence-corrected chi connectivity index (χ4v) is 3.88. The molecule has 1 aliphatic rings. The molecule has 5 heterocycles. The summed E-state index contributed by atoms with van der Waals surface area (Å²) in [5.41, 5.74) is 4.42. The number of nitrogens with one attached hydrogen (secondary N) is 1. The summed E-state index contributed by atoms with van der Waals surface area (Å²) < 4.78 is 3.33. The maximum atomic E-state index is 12.8. The zero-order valence-corrected chi connectivity index (χ0v) is 16.5. The molecule has 0 amide bonds. The van der Waals surface area contributed by atoms with Crippen molar-refractivity contribution in [3.8, 4) is 11.4 Å². The van der Waals surface area contributed by atoms with Gasteiger partial charge in [-0.15, -0.1) is 0 Å². The van der Waals surface area contributed by atoms with Crippen LogP contribution in [0.4, 0.5) is 5.69 Å². The molecule has 0 radical (unpaired) electrons. The minimum absolute atomic E-state index is 0.113. The molecule has 1 fully saturated rings. The van der Waals surface area contributed by atoms with Crippen molar-refractivity contribution in [2.45, 2.75) is 26.3 Å². The molecule has 0 bridgehead atoms. The first-order chi connectivity index (χ1) is 14.1. The van der Waals surface area contributed by atoms with Gasteiger partial charge in [-0.25, -0.2) is 14.5 Å². The van der Waals surface area contributed by atoms with E-state index in [0.717, 1.165) is 43.1 Å². The number of fused-ring (bicyclic) bond motifs is 2. The predicted octanol–water partition coefficient (Wildman–Crippen LogP) is 1.90. The van der Waals surface area contributed by atoms with E-state index in [2.05, 4.69) is 32.2 Å². The van der Waals surface area contributed by atoms with Crippen molar-refractivity contribution in [3.63, 3.8) is 0 Å². The number of nitrogens with zero attached hydrogens (tertiary/aromatic N) is 6. The number of piperazine rings is 1. The Morgan fingerprint density at radius 2 is 1.97 bits per heavy atom. The summed E-state index contributed by atoms with van der Waals surface area (Å²) in [6.45, 7) is 6.93. The van der Waals surface area contributed by atoms with E-state index >= 15 is 0 Å². The van der Waals surface area contributed by atoms with Gasteiger partial charge >= 0.3 is 0 Å². The number of imidazole rings is 1. The molecule has 0 saturated carbocycles. The number of hydrogen-bond acceptors (Lipinski definition) is 6. The molecule has 1 atom stereocenters. The Morgan fingerprint density at radius 3 is 2.83 bits per heavy atom. The normalized spacial score (nSPS) is 17.3. The molecular weight excluding hydrogens is 366 g/mol. The highest BCUT2D eigenvalue weighted by molar-refractivity contribution is 5.60. The lowest BCUT2D eigenvalue weighted by Gasteiger charge is -2.34. The molecule has 148 valence electrons. The van der Waals surface area contributed by atoms with Crippen molar-refractivity contribution in [3.05, 3.63) is 58.8 Å². The molecule has 1 unspecified atom stereocenters. The average molecular weight is 389 g/mol. The van der Waals surface area contributed by atoms with Gasteiger partial charge in [-0.1, -0.05) is 6.92 Å². The quantitative estimate of drug-likeness (QED) is 0.577.